The molecule has 1 saturated heterocycles. The fraction of sp³-hybridized carbons (Fsp3) is 0.316. The van der Waals surface area contributed by atoms with Crippen molar-refractivity contribution in [1.29, 1.82) is 0 Å². The average molecular weight is 338 g/mol. The molecule has 6 heteroatoms. The smallest absolute Gasteiger partial charge is 0.316 e. The van der Waals surface area contributed by atoms with Gasteiger partial charge in [-0.25, -0.2) is 4.79 Å². The van der Waals surface area contributed by atoms with E-state index in [1.807, 2.05) is 17.2 Å². The highest BCUT2D eigenvalue weighted by Gasteiger charge is 2.24. The lowest BCUT2D eigenvalue weighted by atomic mass is 9.90. The molecule has 0 spiro atoms. The van der Waals surface area contributed by atoms with Crippen LogP contribution in [0.5, 0.6) is 0 Å². The lowest BCUT2D eigenvalue weighted by Gasteiger charge is -2.32. The number of hydrogen-bond acceptors (Lipinski definition) is 3. The zero-order chi connectivity index (χ0) is 17.6. The van der Waals surface area contributed by atoms with Crippen LogP contribution < -0.4 is 11.1 Å². The Morgan fingerprint density at radius 3 is 2.68 bits per heavy atom. The Labute approximate surface area is 147 Å². The summed E-state index contributed by atoms with van der Waals surface area (Å²) in [6, 6.07) is 10.3. The SMILES string of the molecule is NC(=O)Nc1cccc(C(=O)N2CCC(Cc3cccnc3)CC2)c1. The van der Waals surface area contributed by atoms with E-state index in [2.05, 4.69) is 16.4 Å². The molecule has 0 radical (unpaired) electrons. The van der Waals surface area contributed by atoms with Gasteiger partial charge in [0.1, 0.15) is 0 Å². The maximum Gasteiger partial charge on any atom is 0.316 e. The number of carbonyl (C=O) groups is 2. The molecule has 3 amide bonds. The molecule has 3 rings (SSSR count). The molecule has 1 aliphatic heterocycles. The van der Waals surface area contributed by atoms with E-state index >= 15 is 0 Å². The number of amides is 3. The molecule has 1 aromatic heterocycles. The van der Waals surface area contributed by atoms with E-state index in [-0.39, 0.29) is 5.91 Å². The molecule has 1 aliphatic rings. The van der Waals surface area contributed by atoms with Gasteiger partial charge in [0.2, 0.25) is 0 Å². The van der Waals surface area contributed by atoms with Gasteiger partial charge in [-0.05, 0) is 55.0 Å². The number of nitrogens with one attached hydrogen (secondary N) is 1. The third-order valence-corrected chi connectivity index (χ3v) is 4.53. The number of anilines is 1. The second-order valence-corrected chi connectivity index (χ2v) is 6.37. The number of carbonyl (C=O) groups excluding carboxylic acids is 2. The van der Waals surface area contributed by atoms with Crippen LogP contribution in [0.25, 0.3) is 0 Å². The van der Waals surface area contributed by atoms with Crippen LogP contribution in [0.3, 0.4) is 0 Å². The Bertz CT molecular complexity index is 740. The summed E-state index contributed by atoms with van der Waals surface area (Å²) in [7, 11) is 0. The first-order valence-electron chi connectivity index (χ1n) is 8.46. The van der Waals surface area contributed by atoms with Gasteiger partial charge in [0.25, 0.3) is 5.91 Å². The van der Waals surface area contributed by atoms with E-state index in [1.165, 1.54) is 5.56 Å². The normalized spacial score (nSPS) is 15.0. The van der Waals surface area contributed by atoms with Crippen LogP contribution in [-0.4, -0.2) is 34.9 Å². The Hall–Kier alpha value is -2.89. The average Bonchev–Trinajstić information content (AvgIpc) is 2.62. The first-order valence-corrected chi connectivity index (χ1v) is 8.46. The van der Waals surface area contributed by atoms with Crippen LogP contribution in [0, 0.1) is 5.92 Å². The van der Waals surface area contributed by atoms with Crippen molar-refractivity contribution in [3.05, 3.63) is 59.9 Å². The predicted octanol–water partition coefficient (Wildman–Crippen LogP) is 2.67. The number of piperidine rings is 1. The van der Waals surface area contributed by atoms with Crippen molar-refractivity contribution in [2.45, 2.75) is 19.3 Å². The molecule has 0 saturated carbocycles. The second-order valence-electron chi connectivity index (χ2n) is 6.37. The minimum absolute atomic E-state index is 0.00653. The Balaban J connectivity index is 1.57. The van der Waals surface area contributed by atoms with E-state index < -0.39 is 6.03 Å². The van der Waals surface area contributed by atoms with E-state index in [1.54, 1.807) is 30.5 Å². The fourth-order valence-corrected chi connectivity index (χ4v) is 3.25. The summed E-state index contributed by atoms with van der Waals surface area (Å²) in [5.74, 6) is 0.573. The molecule has 1 fully saturated rings. The van der Waals surface area contributed by atoms with Crippen LogP contribution >= 0.6 is 0 Å². The topological polar surface area (TPSA) is 88.3 Å². The summed E-state index contributed by atoms with van der Waals surface area (Å²) in [6.07, 6.45) is 6.67. The number of nitrogens with two attached hydrogens (primary N) is 1. The summed E-state index contributed by atoms with van der Waals surface area (Å²) in [6.45, 7) is 1.49. The predicted molar refractivity (Wildman–Crippen MR) is 96.2 cm³/mol. The van der Waals surface area contributed by atoms with E-state index in [9.17, 15) is 9.59 Å². The first-order chi connectivity index (χ1) is 12.1. The number of hydrogen-bond donors (Lipinski definition) is 2. The summed E-state index contributed by atoms with van der Waals surface area (Å²) in [4.78, 5) is 29.7. The summed E-state index contributed by atoms with van der Waals surface area (Å²) < 4.78 is 0. The van der Waals surface area contributed by atoms with E-state index in [0.29, 0.717) is 17.2 Å². The standard InChI is InChI=1S/C19H22N4O2/c20-19(25)22-17-5-1-4-16(12-17)18(24)23-9-6-14(7-10-23)11-15-3-2-8-21-13-15/h1-5,8,12-14H,6-7,9-11H2,(H3,20,22,25). The minimum atomic E-state index is -0.638. The number of likely N-dealkylation sites (tertiary alicyclic amines) is 1. The number of urea groups is 1. The summed E-state index contributed by atoms with van der Waals surface area (Å²) in [5.41, 5.74) is 7.47. The van der Waals surface area contributed by atoms with Crippen molar-refractivity contribution in [3.63, 3.8) is 0 Å². The fourth-order valence-electron chi connectivity index (χ4n) is 3.25. The molecule has 130 valence electrons. The Morgan fingerprint density at radius 1 is 1.20 bits per heavy atom. The lowest BCUT2D eigenvalue weighted by Crippen LogP contribution is -2.39. The molecule has 0 aliphatic carbocycles. The minimum Gasteiger partial charge on any atom is -0.351 e. The van der Waals surface area contributed by atoms with Gasteiger partial charge in [0.05, 0.1) is 0 Å². The molecule has 0 unspecified atom stereocenters. The first kappa shape index (κ1) is 17.0. The molecule has 2 heterocycles. The zero-order valence-corrected chi connectivity index (χ0v) is 14.0. The molecular formula is C19H22N4O2. The number of primary amides is 1. The van der Waals surface area contributed by atoms with Crippen LogP contribution in [0.2, 0.25) is 0 Å². The van der Waals surface area contributed by atoms with Crippen molar-refractivity contribution >= 4 is 17.6 Å². The van der Waals surface area contributed by atoms with Gasteiger partial charge in [-0.2, -0.15) is 0 Å². The summed E-state index contributed by atoms with van der Waals surface area (Å²) in [5, 5.41) is 2.50. The maximum absolute atomic E-state index is 12.7. The van der Waals surface area contributed by atoms with Crippen molar-refractivity contribution in [3.8, 4) is 0 Å². The highest BCUT2D eigenvalue weighted by molar-refractivity contribution is 5.96. The maximum atomic E-state index is 12.7. The van der Waals surface area contributed by atoms with Gasteiger partial charge in [0, 0.05) is 36.7 Å². The van der Waals surface area contributed by atoms with Gasteiger partial charge < -0.3 is 16.0 Å². The van der Waals surface area contributed by atoms with Crippen LogP contribution in [0.4, 0.5) is 10.5 Å². The number of aromatic nitrogens is 1. The van der Waals surface area contributed by atoms with Crippen LogP contribution in [-0.2, 0) is 6.42 Å². The number of pyridine rings is 1. The van der Waals surface area contributed by atoms with Gasteiger partial charge in [-0.15, -0.1) is 0 Å². The third kappa shape index (κ3) is 4.56. The largest absolute Gasteiger partial charge is 0.351 e. The molecule has 1 aromatic carbocycles. The van der Waals surface area contributed by atoms with Gasteiger partial charge in [-0.1, -0.05) is 12.1 Å². The third-order valence-electron chi connectivity index (χ3n) is 4.53. The Morgan fingerprint density at radius 2 is 2.00 bits per heavy atom. The van der Waals surface area contributed by atoms with Crippen molar-refractivity contribution in [2.24, 2.45) is 11.7 Å². The lowest BCUT2D eigenvalue weighted by molar-refractivity contribution is 0.0690. The number of rotatable bonds is 4. The Kier molecular flexibility index (Phi) is 5.28. The van der Waals surface area contributed by atoms with Crippen molar-refractivity contribution in [1.82, 2.24) is 9.88 Å². The molecule has 25 heavy (non-hydrogen) atoms. The van der Waals surface area contributed by atoms with Crippen LogP contribution in [0.1, 0.15) is 28.8 Å². The molecule has 6 nitrogen and oxygen atoms in total. The van der Waals surface area contributed by atoms with E-state index in [0.717, 1.165) is 32.4 Å². The summed E-state index contributed by atoms with van der Waals surface area (Å²) >= 11 is 0. The van der Waals surface area contributed by atoms with Gasteiger partial charge in [0.15, 0.2) is 0 Å². The van der Waals surface area contributed by atoms with Crippen molar-refractivity contribution < 1.29 is 9.59 Å². The zero-order valence-electron chi connectivity index (χ0n) is 14.0. The molecule has 3 N–H and O–H groups in total. The van der Waals surface area contributed by atoms with Crippen molar-refractivity contribution in [2.75, 3.05) is 18.4 Å². The quantitative estimate of drug-likeness (QED) is 0.898. The van der Waals surface area contributed by atoms with E-state index in [4.69, 9.17) is 5.73 Å². The molecule has 2 aromatic rings. The second kappa shape index (κ2) is 7.79. The number of benzene rings is 1. The monoisotopic (exact) mass is 338 g/mol. The number of nitrogens with zero attached hydrogens (tertiary/aromatic N) is 2. The highest BCUT2D eigenvalue weighted by atomic mass is 16.2. The molecule has 0 atom stereocenters. The van der Waals surface area contributed by atoms with Crippen LogP contribution in [0.15, 0.2) is 48.8 Å². The molecule has 0 bridgehead atoms. The molecular weight excluding hydrogens is 316 g/mol. The highest BCUT2D eigenvalue weighted by Crippen LogP contribution is 2.23. The van der Waals surface area contributed by atoms with Gasteiger partial charge in [-0.3, -0.25) is 9.78 Å². The van der Waals surface area contributed by atoms with Gasteiger partial charge >= 0.3 is 6.03 Å².